The van der Waals surface area contributed by atoms with Gasteiger partial charge >= 0.3 is 0 Å². The summed E-state index contributed by atoms with van der Waals surface area (Å²) in [5.74, 6) is 0.483. The maximum Gasteiger partial charge on any atom is 0.265 e. The van der Waals surface area contributed by atoms with Gasteiger partial charge in [-0.3, -0.25) is 9.59 Å². The topological polar surface area (TPSA) is 89.8 Å². The van der Waals surface area contributed by atoms with Crippen molar-refractivity contribution in [3.63, 3.8) is 0 Å². The largest absolute Gasteiger partial charge is 0.506 e. The van der Waals surface area contributed by atoms with E-state index in [0.717, 1.165) is 22.0 Å². The second-order valence-electron chi connectivity index (χ2n) is 9.07. The molecule has 7 nitrogen and oxygen atoms in total. The van der Waals surface area contributed by atoms with Crippen molar-refractivity contribution >= 4 is 33.1 Å². The third kappa shape index (κ3) is 3.94. The molecule has 37 heavy (non-hydrogen) atoms. The lowest BCUT2D eigenvalue weighted by atomic mass is 9.96. The molecule has 7 heteroatoms. The summed E-state index contributed by atoms with van der Waals surface area (Å²) in [4.78, 5) is 26.9. The number of Topliss-reactive ketones (excluding diaryl/α,β-unsaturated/α-hetero) is 1. The zero-order chi connectivity index (χ0) is 25.5. The second kappa shape index (κ2) is 9.02. The maximum atomic E-state index is 13.7. The number of pyridine rings is 1. The third-order valence-corrected chi connectivity index (χ3v) is 6.86. The van der Waals surface area contributed by atoms with Crippen molar-refractivity contribution in [1.29, 1.82) is 0 Å². The lowest BCUT2D eigenvalue weighted by Gasteiger charge is -2.22. The van der Waals surface area contributed by atoms with E-state index in [0.29, 0.717) is 22.4 Å². The van der Waals surface area contributed by atoms with Crippen LogP contribution in [0.15, 0.2) is 89.7 Å². The van der Waals surface area contributed by atoms with Gasteiger partial charge in [0.2, 0.25) is 6.79 Å². The maximum absolute atomic E-state index is 13.7. The molecule has 0 saturated carbocycles. The van der Waals surface area contributed by atoms with Gasteiger partial charge in [-0.1, -0.05) is 54.6 Å². The summed E-state index contributed by atoms with van der Waals surface area (Å²) in [5.41, 5.74) is 1.46. The fourth-order valence-corrected chi connectivity index (χ4v) is 4.94. The van der Waals surface area contributed by atoms with Crippen LogP contribution in [-0.2, 0) is 7.05 Å². The molecule has 2 heterocycles. The van der Waals surface area contributed by atoms with Crippen LogP contribution in [0.3, 0.4) is 0 Å². The van der Waals surface area contributed by atoms with Crippen LogP contribution in [0.4, 0.5) is 5.69 Å². The predicted molar refractivity (Wildman–Crippen MR) is 143 cm³/mol. The highest BCUT2D eigenvalue weighted by Gasteiger charge is 2.26. The zero-order valence-corrected chi connectivity index (χ0v) is 20.1. The molecule has 0 radical (unpaired) electrons. The molecule has 6 rings (SSSR count). The number of hydrogen-bond acceptors (Lipinski definition) is 6. The monoisotopic (exact) mass is 492 g/mol. The SMILES string of the molecule is Cn1c(=O)c(C(=O)C[C@H](Nc2cccc3ccccc23)c2ccc3c(c2)OCO3)c(O)c2ccccc21. The van der Waals surface area contributed by atoms with E-state index in [2.05, 4.69) is 5.32 Å². The van der Waals surface area contributed by atoms with Crippen molar-refractivity contribution in [2.24, 2.45) is 7.05 Å². The first kappa shape index (κ1) is 22.7. The number of para-hydroxylation sites is 1. The van der Waals surface area contributed by atoms with Gasteiger partial charge in [-0.15, -0.1) is 0 Å². The third-order valence-electron chi connectivity index (χ3n) is 6.86. The number of ketones is 1. The molecule has 0 amide bonds. The molecular formula is C30H24N2O5. The number of ether oxygens (including phenoxy) is 2. The number of aromatic nitrogens is 1. The smallest absolute Gasteiger partial charge is 0.265 e. The van der Waals surface area contributed by atoms with E-state index in [9.17, 15) is 14.7 Å². The van der Waals surface area contributed by atoms with Crippen molar-refractivity contribution in [3.8, 4) is 17.2 Å². The fraction of sp³-hybridized carbons (Fsp3) is 0.133. The van der Waals surface area contributed by atoms with Gasteiger partial charge in [-0.25, -0.2) is 0 Å². The van der Waals surface area contributed by atoms with E-state index in [1.54, 1.807) is 31.3 Å². The van der Waals surface area contributed by atoms with Crippen LogP contribution in [0.1, 0.15) is 28.4 Å². The van der Waals surface area contributed by atoms with Gasteiger partial charge in [0.25, 0.3) is 5.56 Å². The van der Waals surface area contributed by atoms with E-state index < -0.39 is 17.4 Å². The van der Waals surface area contributed by atoms with Gasteiger partial charge in [-0.05, 0) is 41.3 Å². The Hall–Kier alpha value is -4.78. The van der Waals surface area contributed by atoms with Gasteiger partial charge in [-0.2, -0.15) is 0 Å². The number of rotatable bonds is 6. The average molecular weight is 493 g/mol. The van der Waals surface area contributed by atoms with Crippen LogP contribution >= 0.6 is 0 Å². The van der Waals surface area contributed by atoms with Gasteiger partial charge in [0, 0.05) is 29.9 Å². The Morgan fingerprint density at radius 3 is 2.54 bits per heavy atom. The molecule has 1 aliphatic heterocycles. The van der Waals surface area contributed by atoms with Crippen LogP contribution < -0.4 is 20.3 Å². The van der Waals surface area contributed by atoms with E-state index in [1.165, 1.54) is 4.57 Å². The molecule has 1 atom stereocenters. The van der Waals surface area contributed by atoms with Crippen molar-refractivity contribution < 1.29 is 19.4 Å². The molecular weight excluding hydrogens is 468 g/mol. The lowest BCUT2D eigenvalue weighted by Crippen LogP contribution is -2.26. The number of fused-ring (bicyclic) bond motifs is 3. The highest BCUT2D eigenvalue weighted by atomic mass is 16.7. The second-order valence-corrected chi connectivity index (χ2v) is 9.07. The molecule has 2 N–H and O–H groups in total. The number of anilines is 1. The van der Waals surface area contributed by atoms with Gasteiger partial charge in [0.1, 0.15) is 11.3 Å². The first-order valence-electron chi connectivity index (χ1n) is 12.0. The van der Waals surface area contributed by atoms with E-state index in [-0.39, 0.29) is 24.5 Å². The molecule has 4 aromatic carbocycles. The molecule has 5 aromatic rings. The van der Waals surface area contributed by atoms with Crippen LogP contribution in [-0.4, -0.2) is 22.2 Å². The Balaban J connectivity index is 1.43. The number of benzene rings is 4. The van der Waals surface area contributed by atoms with E-state index in [4.69, 9.17) is 9.47 Å². The quantitative estimate of drug-likeness (QED) is 0.302. The van der Waals surface area contributed by atoms with Crippen LogP contribution in [0.5, 0.6) is 17.2 Å². The molecule has 0 bridgehead atoms. The summed E-state index contributed by atoms with van der Waals surface area (Å²) in [5, 5.41) is 17.0. The Morgan fingerprint density at radius 1 is 0.946 bits per heavy atom. The number of aromatic hydroxyl groups is 1. The number of nitrogens with zero attached hydrogens (tertiary/aromatic N) is 1. The highest BCUT2D eigenvalue weighted by Crippen LogP contribution is 2.37. The minimum Gasteiger partial charge on any atom is -0.506 e. The Kier molecular flexibility index (Phi) is 5.53. The average Bonchev–Trinajstić information content (AvgIpc) is 3.40. The molecule has 0 saturated heterocycles. The van der Waals surface area contributed by atoms with Gasteiger partial charge < -0.3 is 24.5 Å². The van der Waals surface area contributed by atoms with Crippen molar-refractivity contribution in [2.75, 3.05) is 12.1 Å². The predicted octanol–water partition coefficient (Wildman–Crippen LogP) is 5.55. The number of carbonyl (C=O) groups is 1. The highest BCUT2D eigenvalue weighted by molar-refractivity contribution is 6.04. The fourth-order valence-electron chi connectivity index (χ4n) is 4.94. The number of carbonyl (C=O) groups excluding carboxylic acids is 1. The summed E-state index contributed by atoms with van der Waals surface area (Å²) in [6.07, 6.45) is -0.0655. The summed E-state index contributed by atoms with van der Waals surface area (Å²) in [6.45, 7) is 0.139. The molecule has 0 aliphatic carbocycles. The standard InChI is InChI=1S/C30H24N2O5/c1-32-24-12-5-4-10-21(24)29(34)28(30(32)35)25(33)16-23(19-13-14-26-27(15-19)37-17-36-26)31-22-11-6-8-18-7-2-3-9-20(18)22/h2-15,23,31,34H,16-17H2,1H3/t23-/m0/s1. The number of hydrogen-bond donors (Lipinski definition) is 2. The molecule has 184 valence electrons. The van der Waals surface area contributed by atoms with Gasteiger partial charge in [0.15, 0.2) is 17.3 Å². The van der Waals surface area contributed by atoms with E-state index >= 15 is 0 Å². The number of nitrogens with one attached hydrogen (secondary N) is 1. The van der Waals surface area contributed by atoms with Crippen molar-refractivity contribution in [2.45, 2.75) is 12.5 Å². The first-order chi connectivity index (χ1) is 18.0. The van der Waals surface area contributed by atoms with E-state index in [1.807, 2.05) is 60.7 Å². The lowest BCUT2D eigenvalue weighted by molar-refractivity contribution is 0.0972. The van der Waals surface area contributed by atoms with Crippen molar-refractivity contribution in [1.82, 2.24) is 4.57 Å². The molecule has 1 aromatic heterocycles. The minimum atomic E-state index is -0.532. The van der Waals surface area contributed by atoms with Crippen LogP contribution in [0.25, 0.3) is 21.7 Å². The summed E-state index contributed by atoms with van der Waals surface area (Å²) in [7, 11) is 1.60. The number of aryl methyl sites for hydroxylation is 1. The Bertz CT molecular complexity index is 1740. The molecule has 0 spiro atoms. The normalized spacial score (nSPS) is 13.1. The summed E-state index contributed by atoms with van der Waals surface area (Å²) in [6, 6.07) is 25.9. The Morgan fingerprint density at radius 2 is 1.68 bits per heavy atom. The van der Waals surface area contributed by atoms with Crippen LogP contribution in [0.2, 0.25) is 0 Å². The summed E-state index contributed by atoms with van der Waals surface area (Å²) >= 11 is 0. The first-order valence-corrected chi connectivity index (χ1v) is 12.0. The molecule has 0 fully saturated rings. The minimum absolute atomic E-state index is 0.0655. The van der Waals surface area contributed by atoms with Crippen molar-refractivity contribution in [3.05, 3.63) is 106 Å². The molecule has 1 aliphatic rings. The van der Waals surface area contributed by atoms with Gasteiger partial charge in [0.05, 0.1) is 11.6 Å². The zero-order valence-electron chi connectivity index (χ0n) is 20.1. The Labute approximate surface area is 212 Å². The molecule has 0 unspecified atom stereocenters. The summed E-state index contributed by atoms with van der Waals surface area (Å²) < 4.78 is 12.4. The van der Waals surface area contributed by atoms with Crippen LogP contribution in [0, 0.1) is 0 Å².